The lowest BCUT2D eigenvalue weighted by Gasteiger charge is -2.22. The highest BCUT2D eigenvalue weighted by atomic mass is 32.2. The third kappa shape index (κ3) is 6.25. The van der Waals surface area contributed by atoms with E-state index in [2.05, 4.69) is 4.72 Å². The summed E-state index contributed by atoms with van der Waals surface area (Å²) in [6.07, 6.45) is 2.50. The third-order valence-corrected chi connectivity index (χ3v) is 5.61. The average Bonchev–Trinajstić information content (AvgIpc) is 2.46. The van der Waals surface area contributed by atoms with Gasteiger partial charge in [-0.1, -0.05) is 0 Å². The number of nitrogens with one attached hydrogen (secondary N) is 1. The fraction of sp³-hybridized carbons (Fsp3) is 0.571. The molecule has 0 saturated carbocycles. The van der Waals surface area contributed by atoms with Gasteiger partial charge < -0.3 is 9.84 Å². The molecule has 1 aromatic carbocycles. The van der Waals surface area contributed by atoms with Crippen LogP contribution in [0.3, 0.4) is 0 Å². The zero-order chi connectivity index (χ0) is 15.9. The van der Waals surface area contributed by atoms with E-state index in [1.54, 1.807) is 23.9 Å². The third-order valence-electron chi connectivity index (χ3n) is 2.95. The first-order valence-electron chi connectivity index (χ1n) is 6.69. The number of hydrogen-bond acceptors (Lipinski definition) is 5. The van der Waals surface area contributed by atoms with Gasteiger partial charge in [-0.25, -0.2) is 13.1 Å². The molecule has 2 N–H and O–H groups in total. The van der Waals surface area contributed by atoms with Crippen LogP contribution >= 0.6 is 11.8 Å². The van der Waals surface area contributed by atoms with E-state index in [1.807, 2.05) is 20.1 Å². The minimum Gasteiger partial charge on any atom is -0.494 e. The summed E-state index contributed by atoms with van der Waals surface area (Å²) in [6, 6.07) is 6.27. The van der Waals surface area contributed by atoms with Crippen LogP contribution in [0, 0.1) is 0 Å². The molecule has 1 rings (SSSR count). The van der Waals surface area contributed by atoms with Gasteiger partial charge in [-0.2, -0.15) is 11.8 Å². The molecule has 0 aliphatic heterocycles. The SMILES string of the molecule is CSC(C)(C)CNS(=O)(=O)c1ccc(OCCCO)cc1. The molecule has 0 amide bonds. The number of aliphatic hydroxyl groups excluding tert-OH is 1. The molecule has 0 aromatic heterocycles. The summed E-state index contributed by atoms with van der Waals surface area (Å²) in [5, 5.41) is 8.67. The minimum atomic E-state index is -3.50. The smallest absolute Gasteiger partial charge is 0.240 e. The van der Waals surface area contributed by atoms with Crippen LogP contribution in [0.1, 0.15) is 20.3 Å². The molecule has 0 atom stereocenters. The molecule has 0 bridgehead atoms. The molecule has 21 heavy (non-hydrogen) atoms. The Morgan fingerprint density at radius 1 is 1.29 bits per heavy atom. The standard InChI is InChI=1S/C14H23NO4S2/c1-14(2,20-3)11-15-21(17,18)13-7-5-12(6-8-13)19-10-4-9-16/h5-8,15-16H,4,9-11H2,1-3H3. The summed E-state index contributed by atoms with van der Waals surface area (Å²) < 4.78 is 32.2. The molecule has 0 spiro atoms. The lowest BCUT2D eigenvalue weighted by Crippen LogP contribution is -2.36. The Kier molecular flexibility index (Phi) is 6.99. The van der Waals surface area contributed by atoms with E-state index in [0.717, 1.165) is 0 Å². The molecule has 120 valence electrons. The number of thioether (sulfide) groups is 1. The second kappa shape index (κ2) is 8.03. The molecule has 7 heteroatoms. The van der Waals surface area contributed by atoms with E-state index in [0.29, 0.717) is 25.3 Å². The molecule has 5 nitrogen and oxygen atoms in total. The van der Waals surface area contributed by atoms with Crippen LogP contribution in [0.5, 0.6) is 5.75 Å². The Hall–Kier alpha value is -0.760. The van der Waals surface area contributed by atoms with E-state index in [4.69, 9.17) is 9.84 Å². The lowest BCUT2D eigenvalue weighted by molar-refractivity contribution is 0.233. The van der Waals surface area contributed by atoms with Crippen LogP contribution in [0.15, 0.2) is 29.2 Å². The van der Waals surface area contributed by atoms with Gasteiger partial charge in [0.05, 0.1) is 11.5 Å². The van der Waals surface area contributed by atoms with Crippen LogP contribution in [-0.4, -0.2) is 44.3 Å². The van der Waals surface area contributed by atoms with Crippen molar-refractivity contribution in [2.45, 2.75) is 29.9 Å². The molecular weight excluding hydrogens is 310 g/mol. The van der Waals surface area contributed by atoms with Crippen LogP contribution in [0.4, 0.5) is 0 Å². The predicted octanol–water partition coefficient (Wildman–Crippen LogP) is 1.87. The molecule has 0 aliphatic carbocycles. The zero-order valence-electron chi connectivity index (χ0n) is 12.6. The summed E-state index contributed by atoms with van der Waals surface area (Å²) >= 11 is 1.61. The first kappa shape index (κ1) is 18.3. The van der Waals surface area contributed by atoms with Gasteiger partial charge in [0.25, 0.3) is 0 Å². The number of hydrogen-bond donors (Lipinski definition) is 2. The maximum absolute atomic E-state index is 12.2. The molecular formula is C14H23NO4S2. The Morgan fingerprint density at radius 3 is 2.43 bits per heavy atom. The number of ether oxygens (including phenoxy) is 1. The summed E-state index contributed by atoms with van der Waals surface area (Å²) in [5.41, 5.74) is 0. The summed E-state index contributed by atoms with van der Waals surface area (Å²) in [4.78, 5) is 0.217. The van der Waals surface area contributed by atoms with Crippen molar-refractivity contribution >= 4 is 21.8 Å². The highest BCUT2D eigenvalue weighted by molar-refractivity contribution is 8.00. The van der Waals surface area contributed by atoms with E-state index in [1.165, 1.54) is 12.1 Å². The lowest BCUT2D eigenvalue weighted by atomic mass is 10.2. The number of benzene rings is 1. The quantitative estimate of drug-likeness (QED) is 0.675. The van der Waals surface area contributed by atoms with Gasteiger partial charge in [-0.15, -0.1) is 0 Å². The van der Waals surface area contributed by atoms with Gasteiger partial charge in [0.15, 0.2) is 0 Å². The van der Waals surface area contributed by atoms with Gasteiger partial charge >= 0.3 is 0 Å². The maximum atomic E-state index is 12.2. The number of rotatable bonds is 9. The highest BCUT2D eigenvalue weighted by Gasteiger charge is 2.21. The number of aliphatic hydroxyl groups is 1. The fourth-order valence-corrected chi connectivity index (χ4v) is 2.91. The molecule has 1 aromatic rings. The maximum Gasteiger partial charge on any atom is 0.240 e. The van der Waals surface area contributed by atoms with Crippen LogP contribution in [-0.2, 0) is 10.0 Å². The Balaban J connectivity index is 2.67. The Labute approximate surface area is 131 Å². The summed E-state index contributed by atoms with van der Waals surface area (Å²) in [6.45, 7) is 4.81. The summed E-state index contributed by atoms with van der Waals surface area (Å²) in [5.74, 6) is 0.590. The van der Waals surface area contributed by atoms with Crippen LogP contribution in [0.25, 0.3) is 0 Å². The highest BCUT2D eigenvalue weighted by Crippen LogP contribution is 2.21. The molecule has 0 aliphatic rings. The molecule has 0 saturated heterocycles. The normalized spacial score (nSPS) is 12.4. The topological polar surface area (TPSA) is 75.6 Å². The van der Waals surface area contributed by atoms with Crippen LogP contribution < -0.4 is 9.46 Å². The van der Waals surface area contributed by atoms with E-state index in [-0.39, 0.29) is 16.2 Å². The largest absolute Gasteiger partial charge is 0.494 e. The second-order valence-corrected chi connectivity index (χ2v) is 8.47. The molecule has 0 unspecified atom stereocenters. The summed E-state index contributed by atoms with van der Waals surface area (Å²) in [7, 11) is -3.50. The second-order valence-electron chi connectivity index (χ2n) is 5.19. The van der Waals surface area contributed by atoms with Crippen molar-refractivity contribution in [3.63, 3.8) is 0 Å². The fourth-order valence-electron chi connectivity index (χ4n) is 1.39. The Morgan fingerprint density at radius 2 is 1.90 bits per heavy atom. The first-order chi connectivity index (χ1) is 9.80. The van der Waals surface area contributed by atoms with Crippen molar-refractivity contribution in [3.05, 3.63) is 24.3 Å². The molecule has 0 fully saturated rings. The van der Waals surface area contributed by atoms with Gasteiger partial charge in [0, 0.05) is 24.3 Å². The zero-order valence-corrected chi connectivity index (χ0v) is 14.3. The van der Waals surface area contributed by atoms with Gasteiger partial charge in [-0.05, 0) is 44.4 Å². The molecule has 0 heterocycles. The van der Waals surface area contributed by atoms with Crippen molar-refractivity contribution in [1.29, 1.82) is 0 Å². The van der Waals surface area contributed by atoms with Gasteiger partial charge in [0.2, 0.25) is 10.0 Å². The Bertz CT molecular complexity index is 526. The van der Waals surface area contributed by atoms with Crippen molar-refractivity contribution in [3.8, 4) is 5.75 Å². The van der Waals surface area contributed by atoms with E-state index >= 15 is 0 Å². The minimum absolute atomic E-state index is 0.0710. The van der Waals surface area contributed by atoms with Crippen molar-refractivity contribution in [2.75, 3.05) is 26.0 Å². The van der Waals surface area contributed by atoms with Crippen molar-refractivity contribution < 1.29 is 18.3 Å². The molecule has 0 radical (unpaired) electrons. The van der Waals surface area contributed by atoms with Crippen LogP contribution in [0.2, 0.25) is 0 Å². The van der Waals surface area contributed by atoms with Gasteiger partial charge in [-0.3, -0.25) is 0 Å². The monoisotopic (exact) mass is 333 g/mol. The van der Waals surface area contributed by atoms with Crippen molar-refractivity contribution in [1.82, 2.24) is 4.72 Å². The van der Waals surface area contributed by atoms with E-state index < -0.39 is 10.0 Å². The predicted molar refractivity (Wildman–Crippen MR) is 86.4 cm³/mol. The average molecular weight is 333 g/mol. The van der Waals surface area contributed by atoms with E-state index in [9.17, 15) is 8.42 Å². The van der Waals surface area contributed by atoms with Crippen molar-refractivity contribution in [2.24, 2.45) is 0 Å². The first-order valence-corrected chi connectivity index (χ1v) is 9.40. The van der Waals surface area contributed by atoms with Gasteiger partial charge in [0.1, 0.15) is 5.75 Å². The number of sulfonamides is 1.